The third-order valence-corrected chi connectivity index (χ3v) is 6.62. The third kappa shape index (κ3) is 4.14. The average molecular weight is 357 g/mol. The number of likely N-dealkylation sites (tertiary alicyclic amines) is 2. The van der Waals surface area contributed by atoms with Crippen molar-refractivity contribution in [3.63, 3.8) is 0 Å². The molecule has 3 heteroatoms. The molecule has 1 atom stereocenters. The molecule has 0 aliphatic carbocycles. The van der Waals surface area contributed by atoms with Crippen LogP contribution in [0.4, 0.5) is 0 Å². The van der Waals surface area contributed by atoms with Gasteiger partial charge < -0.3 is 9.80 Å². The molecule has 144 valence electrons. The van der Waals surface area contributed by atoms with E-state index in [9.17, 15) is 4.79 Å². The van der Waals surface area contributed by atoms with Crippen molar-refractivity contribution in [2.75, 3.05) is 26.2 Å². The zero-order chi connectivity index (χ0) is 18.7. The number of piperidine rings is 1. The Labute approximate surface area is 159 Å². The van der Waals surface area contributed by atoms with Gasteiger partial charge in [0.1, 0.15) is 0 Å². The third-order valence-electron chi connectivity index (χ3n) is 6.62. The van der Waals surface area contributed by atoms with Gasteiger partial charge in [-0.05, 0) is 70.6 Å². The van der Waals surface area contributed by atoms with E-state index in [0.717, 1.165) is 32.5 Å². The quantitative estimate of drug-likeness (QED) is 0.746. The number of amides is 1. The molecule has 1 aromatic rings. The van der Waals surface area contributed by atoms with E-state index in [2.05, 4.69) is 55.7 Å². The molecule has 1 unspecified atom stereocenters. The van der Waals surface area contributed by atoms with Crippen LogP contribution in [0.15, 0.2) is 18.2 Å². The molecule has 2 aliphatic heterocycles. The second-order valence-corrected chi connectivity index (χ2v) is 8.94. The first-order chi connectivity index (χ1) is 12.4. The first-order valence-electron chi connectivity index (χ1n) is 10.5. The second-order valence-electron chi connectivity index (χ2n) is 8.94. The molecular weight excluding hydrogens is 320 g/mol. The van der Waals surface area contributed by atoms with Crippen LogP contribution in [0.2, 0.25) is 0 Å². The van der Waals surface area contributed by atoms with Crippen LogP contribution >= 0.6 is 0 Å². The number of hydrogen-bond donors (Lipinski definition) is 0. The van der Waals surface area contributed by atoms with Crippen molar-refractivity contribution in [3.05, 3.63) is 34.9 Å². The summed E-state index contributed by atoms with van der Waals surface area (Å²) >= 11 is 0. The Kier molecular flexibility index (Phi) is 6.06. The van der Waals surface area contributed by atoms with Crippen molar-refractivity contribution in [1.29, 1.82) is 0 Å². The molecule has 0 radical (unpaired) electrons. The number of nitrogens with zero attached hydrogens (tertiary/aromatic N) is 2. The summed E-state index contributed by atoms with van der Waals surface area (Å²) in [5.41, 5.74) is 3.68. The Morgan fingerprint density at radius 2 is 1.65 bits per heavy atom. The summed E-state index contributed by atoms with van der Waals surface area (Å²) in [4.78, 5) is 18.1. The van der Waals surface area contributed by atoms with Crippen LogP contribution in [0.5, 0.6) is 0 Å². The average Bonchev–Trinajstić information content (AvgIpc) is 2.90. The zero-order valence-corrected chi connectivity index (χ0v) is 17.2. The van der Waals surface area contributed by atoms with Gasteiger partial charge in [-0.3, -0.25) is 4.79 Å². The van der Waals surface area contributed by atoms with Gasteiger partial charge in [0.25, 0.3) is 0 Å². The Balaban J connectivity index is 1.68. The zero-order valence-electron chi connectivity index (χ0n) is 17.2. The molecule has 0 aromatic heterocycles. The summed E-state index contributed by atoms with van der Waals surface area (Å²) in [6.07, 6.45) is 6.05. The van der Waals surface area contributed by atoms with Gasteiger partial charge in [-0.15, -0.1) is 0 Å². The molecule has 0 spiro atoms. The fourth-order valence-corrected chi connectivity index (χ4v) is 4.99. The molecule has 0 bridgehead atoms. The highest BCUT2D eigenvalue weighted by molar-refractivity contribution is 5.85. The molecule has 0 saturated carbocycles. The van der Waals surface area contributed by atoms with E-state index in [1.54, 1.807) is 0 Å². The van der Waals surface area contributed by atoms with E-state index in [0.29, 0.717) is 11.8 Å². The molecule has 2 heterocycles. The predicted octanol–water partition coefficient (Wildman–Crippen LogP) is 4.55. The highest BCUT2D eigenvalue weighted by Gasteiger charge is 2.48. The predicted molar refractivity (Wildman–Crippen MR) is 108 cm³/mol. The van der Waals surface area contributed by atoms with Gasteiger partial charge >= 0.3 is 0 Å². The normalized spacial score (nSPS) is 24.7. The van der Waals surface area contributed by atoms with Crippen LogP contribution in [0, 0.1) is 25.2 Å². The lowest BCUT2D eigenvalue weighted by molar-refractivity contribution is -0.139. The van der Waals surface area contributed by atoms with Gasteiger partial charge in [0.05, 0.1) is 5.41 Å². The van der Waals surface area contributed by atoms with Gasteiger partial charge in [0.2, 0.25) is 5.91 Å². The van der Waals surface area contributed by atoms with Crippen molar-refractivity contribution in [1.82, 2.24) is 9.80 Å². The molecule has 2 fully saturated rings. The number of hydrogen-bond acceptors (Lipinski definition) is 2. The first kappa shape index (κ1) is 19.4. The minimum Gasteiger partial charge on any atom is -0.338 e. The van der Waals surface area contributed by atoms with Crippen molar-refractivity contribution in [3.8, 4) is 0 Å². The molecule has 2 saturated heterocycles. The number of aryl methyl sites for hydroxylation is 2. The second kappa shape index (κ2) is 8.12. The largest absolute Gasteiger partial charge is 0.338 e. The van der Waals surface area contributed by atoms with E-state index in [1.165, 1.54) is 49.0 Å². The number of carbonyl (C=O) groups excluding carboxylic acids is 1. The number of rotatable bonds is 6. The van der Waals surface area contributed by atoms with Crippen LogP contribution in [-0.2, 0) is 11.3 Å². The maximum Gasteiger partial charge on any atom is 0.229 e. The van der Waals surface area contributed by atoms with E-state index >= 15 is 0 Å². The summed E-state index contributed by atoms with van der Waals surface area (Å²) < 4.78 is 0. The lowest BCUT2D eigenvalue weighted by atomic mass is 9.73. The molecule has 3 rings (SSSR count). The van der Waals surface area contributed by atoms with Gasteiger partial charge in [-0.25, -0.2) is 0 Å². The molecule has 26 heavy (non-hydrogen) atoms. The molecule has 3 nitrogen and oxygen atoms in total. The van der Waals surface area contributed by atoms with Gasteiger partial charge in [-0.1, -0.05) is 49.6 Å². The van der Waals surface area contributed by atoms with E-state index < -0.39 is 0 Å². The van der Waals surface area contributed by atoms with Crippen LogP contribution in [0.3, 0.4) is 0 Å². The highest BCUT2D eigenvalue weighted by atomic mass is 16.2. The monoisotopic (exact) mass is 356 g/mol. The Morgan fingerprint density at radius 1 is 1.00 bits per heavy atom. The summed E-state index contributed by atoms with van der Waals surface area (Å²) in [6.45, 7) is 14.0. The lowest BCUT2D eigenvalue weighted by Crippen LogP contribution is -2.41. The van der Waals surface area contributed by atoms with Crippen LogP contribution < -0.4 is 0 Å². The Bertz CT molecular complexity index is 613. The van der Waals surface area contributed by atoms with Crippen molar-refractivity contribution in [2.45, 2.75) is 66.3 Å². The molecular formula is C23H36N2O. The van der Waals surface area contributed by atoms with E-state index in [1.807, 2.05) is 0 Å². The first-order valence-corrected chi connectivity index (χ1v) is 10.5. The van der Waals surface area contributed by atoms with Crippen LogP contribution in [-0.4, -0.2) is 41.9 Å². The maximum atomic E-state index is 13.4. The summed E-state index contributed by atoms with van der Waals surface area (Å²) in [7, 11) is 0. The SMILES string of the molecule is Cc1cc(C)cc(CN2CCC(CCN3CCCCC3)(C(C)C)C2=O)c1. The summed E-state index contributed by atoms with van der Waals surface area (Å²) in [6, 6.07) is 6.65. The highest BCUT2D eigenvalue weighted by Crippen LogP contribution is 2.43. The van der Waals surface area contributed by atoms with E-state index in [-0.39, 0.29) is 5.41 Å². The standard InChI is InChI=1S/C23H36N2O/c1-18(2)23(8-12-24-10-6-5-7-11-24)9-13-25(22(23)26)17-21-15-19(3)14-20(4)16-21/h14-16,18H,5-13,17H2,1-4H3. The lowest BCUT2D eigenvalue weighted by Gasteiger charge is -2.35. The van der Waals surface area contributed by atoms with Gasteiger partial charge in [0, 0.05) is 13.1 Å². The van der Waals surface area contributed by atoms with Crippen molar-refractivity contribution < 1.29 is 4.79 Å². The van der Waals surface area contributed by atoms with Crippen LogP contribution in [0.1, 0.15) is 62.6 Å². The van der Waals surface area contributed by atoms with Crippen molar-refractivity contribution in [2.24, 2.45) is 11.3 Å². The van der Waals surface area contributed by atoms with Gasteiger partial charge in [-0.2, -0.15) is 0 Å². The summed E-state index contributed by atoms with van der Waals surface area (Å²) in [5, 5.41) is 0. The van der Waals surface area contributed by atoms with E-state index in [4.69, 9.17) is 0 Å². The van der Waals surface area contributed by atoms with Gasteiger partial charge in [0.15, 0.2) is 0 Å². The summed E-state index contributed by atoms with van der Waals surface area (Å²) in [5.74, 6) is 0.799. The van der Waals surface area contributed by atoms with Crippen LogP contribution in [0.25, 0.3) is 0 Å². The minimum absolute atomic E-state index is 0.156. The smallest absolute Gasteiger partial charge is 0.229 e. The van der Waals surface area contributed by atoms with Crippen molar-refractivity contribution >= 4 is 5.91 Å². The molecule has 1 aromatic carbocycles. The topological polar surface area (TPSA) is 23.6 Å². The number of benzene rings is 1. The molecule has 0 N–H and O–H groups in total. The maximum absolute atomic E-state index is 13.4. The molecule has 2 aliphatic rings. The molecule has 1 amide bonds. The fourth-order valence-electron chi connectivity index (χ4n) is 4.99. The fraction of sp³-hybridized carbons (Fsp3) is 0.696. The minimum atomic E-state index is -0.156. The number of carbonyl (C=O) groups is 1. The Morgan fingerprint density at radius 3 is 2.27 bits per heavy atom. The Hall–Kier alpha value is -1.35.